The van der Waals surface area contributed by atoms with E-state index < -0.39 is 5.97 Å². The molecule has 2 heteroatoms. The van der Waals surface area contributed by atoms with Crippen molar-refractivity contribution in [3.8, 4) is 0 Å². The highest BCUT2D eigenvalue weighted by Crippen LogP contribution is 2.57. The third kappa shape index (κ3) is 2.02. The Hall–Kier alpha value is -1.05. The van der Waals surface area contributed by atoms with Gasteiger partial charge in [-0.15, -0.1) is 6.58 Å². The lowest BCUT2D eigenvalue weighted by Gasteiger charge is -2.53. The molecule has 0 atom stereocenters. The molecule has 4 aliphatic rings. The van der Waals surface area contributed by atoms with E-state index in [0.29, 0.717) is 17.9 Å². The van der Waals surface area contributed by atoms with Crippen LogP contribution in [0.3, 0.4) is 0 Å². The average molecular weight is 246 g/mol. The highest BCUT2D eigenvalue weighted by molar-refractivity contribution is 5.86. The van der Waals surface area contributed by atoms with Crippen LogP contribution in [-0.2, 0) is 4.79 Å². The third-order valence-electron chi connectivity index (χ3n) is 5.33. The van der Waals surface area contributed by atoms with Gasteiger partial charge in [0.15, 0.2) is 0 Å². The van der Waals surface area contributed by atoms with Gasteiger partial charge in [-0.3, -0.25) is 0 Å². The zero-order chi connectivity index (χ0) is 12.7. The number of rotatable bonds is 4. The maximum absolute atomic E-state index is 11.2. The van der Waals surface area contributed by atoms with Gasteiger partial charge in [0.1, 0.15) is 0 Å². The summed E-state index contributed by atoms with van der Waals surface area (Å²) in [4.78, 5) is 11.2. The summed E-state index contributed by atoms with van der Waals surface area (Å²) in [7, 11) is 0. The first kappa shape index (κ1) is 12.0. The molecule has 0 aromatic heterocycles. The Morgan fingerprint density at radius 3 is 2.11 bits per heavy atom. The molecule has 4 saturated carbocycles. The Kier molecular flexibility index (Phi) is 3.04. The molecule has 4 bridgehead atoms. The molecule has 2 nitrogen and oxygen atoms in total. The first-order chi connectivity index (χ1) is 8.67. The van der Waals surface area contributed by atoms with Crippen molar-refractivity contribution in [2.75, 3.05) is 0 Å². The van der Waals surface area contributed by atoms with Crippen LogP contribution in [0.2, 0.25) is 0 Å². The second-order valence-corrected chi connectivity index (χ2v) is 6.50. The number of carboxylic acid groups (broad SMARTS) is 1. The molecule has 0 spiro atoms. The van der Waals surface area contributed by atoms with Gasteiger partial charge in [0, 0.05) is 5.57 Å². The molecule has 0 amide bonds. The Labute approximate surface area is 109 Å². The average Bonchev–Trinajstić information content (AvgIpc) is 2.31. The largest absolute Gasteiger partial charge is 0.478 e. The maximum atomic E-state index is 11.2. The molecule has 0 unspecified atom stereocenters. The molecule has 4 aliphatic carbocycles. The van der Waals surface area contributed by atoms with Crippen LogP contribution in [-0.4, -0.2) is 11.1 Å². The zero-order valence-corrected chi connectivity index (χ0v) is 10.8. The highest BCUT2D eigenvalue weighted by Gasteiger charge is 2.47. The van der Waals surface area contributed by atoms with Crippen LogP contribution < -0.4 is 0 Å². The van der Waals surface area contributed by atoms with E-state index in [1.807, 2.05) is 0 Å². The van der Waals surface area contributed by atoms with Gasteiger partial charge in [0.05, 0.1) is 0 Å². The minimum Gasteiger partial charge on any atom is -0.478 e. The first-order valence-electron chi connectivity index (χ1n) is 7.22. The fraction of sp³-hybridized carbons (Fsp3) is 0.688. The molecular formula is C16H22O2. The molecule has 0 aromatic carbocycles. The molecule has 0 aromatic rings. The van der Waals surface area contributed by atoms with Crippen LogP contribution in [0.5, 0.6) is 0 Å². The van der Waals surface area contributed by atoms with Crippen LogP contribution in [0.15, 0.2) is 24.3 Å². The third-order valence-corrected chi connectivity index (χ3v) is 5.33. The number of carboxylic acids is 1. The summed E-state index contributed by atoms with van der Waals surface area (Å²) in [6, 6.07) is 0. The smallest absolute Gasteiger partial charge is 0.331 e. The van der Waals surface area contributed by atoms with E-state index in [9.17, 15) is 9.90 Å². The molecule has 0 radical (unpaired) electrons. The summed E-state index contributed by atoms with van der Waals surface area (Å²) in [5.74, 6) is 3.20. The molecule has 1 N–H and O–H groups in total. The number of hydrogen-bond donors (Lipinski definition) is 1. The first-order valence-corrected chi connectivity index (χ1v) is 7.22. The van der Waals surface area contributed by atoms with Crippen molar-refractivity contribution < 1.29 is 9.90 Å². The van der Waals surface area contributed by atoms with E-state index in [-0.39, 0.29) is 0 Å². The lowest BCUT2D eigenvalue weighted by Crippen LogP contribution is -2.44. The molecule has 4 fully saturated rings. The SMILES string of the molecule is C=CCC(=CC1C2CC3CC(C2)CC1C3)C(=O)O. The lowest BCUT2D eigenvalue weighted by molar-refractivity contribution is -0.132. The van der Waals surface area contributed by atoms with Gasteiger partial charge in [-0.1, -0.05) is 12.2 Å². The number of allylic oxidation sites excluding steroid dienone is 2. The van der Waals surface area contributed by atoms with E-state index in [4.69, 9.17) is 0 Å². The van der Waals surface area contributed by atoms with Gasteiger partial charge in [-0.05, 0) is 68.1 Å². The van der Waals surface area contributed by atoms with Crippen LogP contribution in [0.4, 0.5) is 0 Å². The molecule has 4 rings (SSSR count). The van der Waals surface area contributed by atoms with E-state index in [1.54, 1.807) is 6.08 Å². The second-order valence-electron chi connectivity index (χ2n) is 6.50. The Balaban J connectivity index is 1.81. The van der Waals surface area contributed by atoms with Crippen LogP contribution in [0, 0.1) is 29.6 Å². The molecular weight excluding hydrogens is 224 g/mol. The molecule has 0 heterocycles. The minimum absolute atomic E-state index is 0.498. The van der Waals surface area contributed by atoms with Crippen molar-refractivity contribution in [2.45, 2.75) is 38.5 Å². The van der Waals surface area contributed by atoms with Crippen LogP contribution >= 0.6 is 0 Å². The van der Waals surface area contributed by atoms with Gasteiger partial charge in [0.25, 0.3) is 0 Å². The van der Waals surface area contributed by atoms with Crippen LogP contribution in [0.1, 0.15) is 38.5 Å². The van der Waals surface area contributed by atoms with E-state index in [1.165, 1.54) is 32.1 Å². The summed E-state index contributed by atoms with van der Waals surface area (Å²) < 4.78 is 0. The number of hydrogen-bond acceptors (Lipinski definition) is 1. The van der Waals surface area contributed by atoms with Gasteiger partial charge in [0.2, 0.25) is 0 Å². The van der Waals surface area contributed by atoms with Gasteiger partial charge >= 0.3 is 5.97 Å². The Morgan fingerprint density at radius 1 is 1.11 bits per heavy atom. The van der Waals surface area contributed by atoms with E-state index in [2.05, 4.69) is 12.7 Å². The molecule has 18 heavy (non-hydrogen) atoms. The highest BCUT2D eigenvalue weighted by atomic mass is 16.4. The number of carbonyl (C=O) groups is 1. The van der Waals surface area contributed by atoms with Gasteiger partial charge in [-0.25, -0.2) is 4.79 Å². The summed E-state index contributed by atoms with van der Waals surface area (Å²) in [6.45, 7) is 3.66. The predicted octanol–water partition coefficient (Wildman–Crippen LogP) is 3.65. The Bertz CT molecular complexity index is 366. The molecule has 0 saturated heterocycles. The van der Waals surface area contributed by atoms with Gasteiger partial charge < -0.3 is 5.11 Å². The van der Waals surface area contributed by atoms with Crippen molar-refractivity contribution in [3.05, 3.63) is 24.3 Å². The van der Waals surface area contributed by atoms with Gasteiger partial charge in [-0.2, -0.15) is 0 Å². The monoisotopic (exact) mass is 246 g/mol. The van der Waals surface area contributed by atoms with Crippen molar-refractivity contribution >= 4 is 5.97 Å². The zero-order valence-electron chi connectivity index (χ0n) is 10.8. The summed E-state index contributed by atoms with van der Waals surface area (Å²) >= 11 is 0. The molecule has 0 aliphatic heterocycles. The quantitative estimate of drug-likeness (QED) is 0.607. The summed E-state index contributed by atoms with van der Waals surface area (Å²) in [6.07, 6.45) is 11.1. The van der Waals surface area contributed by atoms with E-state index >= 15 is 0 Å². The molecule has 98 valence electrons. The lowest BCUT2D eigenvalue weighted by atomic mass is 9.52. The summed E-state index contributed by atoms with van der Waals surface area (Å²) in [5, 5.41) is 9.24. The fourth-order valence-electron chi connectivity index (χ4n) is 4.85. The van der Waals surface area contributed by atoms with Crippen molar-refractivity contribution in [1.82, 2.24) is 0 Å². The van der Waals surface area contributed by atoms with E-state index in [0.717, 1.165) is 23.7 Å². The maximum Gasteiger partial charge on any atom is 0.331 e. The summed E-state index contributed by atoms with van der Waals surface area (Å²) in [5.41, 5.74) is 0.558. The number of aliphatic carboxylic acids is 1. The van der Waals surface area contributed by atoms with Crippen molar-refractivity contribution in [2.24, 2.45) is 29.6 Å². The Morgan fingerprint density at radius 2 is 1.67 bits per heavy atom. The van der Waals surface area contributed by atoms with Crippen molar-refractivity contribution in [3.63, 3.8) is 0 Å². The standard InChI is InChI=1S/C16H22O2/c1-2-3-12(16(17)18)9-15-13-5-10-4-11(7-13)8-14(15)6-10/h2,9-11,13-15H,1,3-8H2,(H,17,18). The fourth-order valence-corrected chi connectivity index (χ4v) is 4.85. The second kappa shape index (κ2) is 4.56. The van der Waals surface area contributed by atoms with Crippen LogP contribution in [0.25, 0.3) is 0 Å². The predicted molar refractivity (Wildman–Crippen MR) is 71.1 cm³/mol. The normalized spacial score (nSPS) is 42.0. The topological polar surface area (TPSA) is 37.3 Å². The van der Waals surface area contributed by atoms with Crippen molar-refractivity contribution in [1.29, 1.82) is 0 Å². The minimum atomic E-state index is -0.760.